The van der Waals surface area contributed by atoms with E-state index in [1.807, 2.05) is 24.3 Å². The summed E-state index contributed by atoms with van der Waals surface area (Å²) in [6.45, 7) is 0.496. The monoisotopic (exact) mass is 186 g/mol. The molecular formula is C12H10O2. The highest BCUT2D eigenvalue weighted by Crippen LogP contribution is 2.33. The summed E-state index contributed by atoms with van der Waals surface area (Å²) in [5.41, 5.74) is 2.03. The fraction of sp³-hybridized carbons (Fsp3) is 0.167. The minimum atomic E-state index is -0.770. The van der Waals surface area contributed by atoms with Crippen LogP contribution in [0.2, 0.25) is 0 Å². The van der Waals surface area contributed by atoms with Crippen molar-refractivity contribution in [2.45, 2.75) is 12.9 Å². The molecule has 0 saturated heterocycles. The first-order valence-corrected chi connectivity index (χ1v) is 4.66. The van der Waals surface area contributed by atoms with Crippen LogP contribution < -0.4 is 0 Å². The molecule has 0 radical (unpaired) electrons. The average molecular weight is 186 g/mol. The molecule has 2 aromatic carbocycles. The van der Waals surface area contributed by atoms with E-state index in [1.54, 1.807) is 0 Å². The highest BCUT2D eigenvalue weighted by atomic mass is 16.6. The molecule has 2 nitrogen and oxygen atoms in total. The lowest BCUT2D eigenvalue weighted by molar-refractivity contribution is -0.114. The molecule has 1 heterocycles. The lowest BCUT2D eigenvalue weighted by Crippen LogP contribution is -2.10. The Hall–Kier alpha value is -1.38. The zero-order valence-corrected chi connectivity index (χ0v) is 7.60. The molecule has 0 saturated carbocycles. The molecule has 2 aromatic rings. The Morgan fingerprint density at radius 1 is 1.14 bits per heavy atom. The van der Waals surface area contributed by atoms with E-state index in [0.29, 0.717) is 6.61 Å². The molecule has 0 bridgehead atoms. The number of benzene rings is 2. The van der Waals surface area contributed by atoms with Crippen molar-refractivity contribution in [1.82, 2.24) is 0 Å². The van der Waals surface area contributed by atoms with Crippen molar-refractivity contribution < 1.29 is 9.84 Å². The van der Waals surface area contributed by atoms with Gasteiger partial charge in [-0.05, 0) is 16.3 Å². The van der Waals surface area contributed by atoms with Crippen molar-refractivity contribution >= 4 is 10.8 Å². The van der Waals surface area contributed by atoms with Crippen LogP contribution in [0.5, 0.6) is 0 Å². The lowest BCUT2D eigenvalue weighted by Gasteiger charge is -2.22. The zero-order chi connectivity index (χ0) is 9.54. The van der Waals surface area contributed by atoms with Gasteiger partial charge in [0, 0.05) is 5.56 Å². The summed E-state index contributed by atoms with van der Waals surface area (Å²) in [6, 6.07) is 12.0. The third-order valence-electron chi connectivity index (χ3n) is 2.69. The fourth-order valence-electron chi connectivity index (χ4n) is 2.03. The number of hydrogen-bond donors (Lipinski definition) is 1. The first-order valence-electron chi connectivity index (χ1n) is 4.66. The van der Waals surface area contributed by atoms with Crippen LogP contribution in [0.25, 0.3) is 10.8 Å². The van der Waals surface area contributed by atoms with Crippen molar-refractivity contribution in [3.05, 3.63) is 47.5 Å². The Bertz CT molecular complexity index is 485. The Balaban J connectivity index is 2.46. The van der Waals surface area contributed by atoms with Crippen LogP contribution in [0.15, 0.2) is 36.4 Å². The molecule has 3 rings (SSSR count). The first-order chi connectivity index (χ1) is 6.86. The second-order valence-electron chi connectivity index (χ2n) is 3.53. The number of aliphatic hydroxyl groups excluding tert-OH is 1. The van der Waals surface area contributed by atoms with Crippen molar-refractivity contribution in [3.8, 4) is 0 Å². The molecule has 0 aromatic heterocycles. The van der Waals surface area contributed by atoms with Crippen molar-refractivity contribution in [2.75, 3.05) is 0 Å². The fourth-order valence-corrected chi connectivity index (χ4v) is 2.03. The molecule has 14 heavy (non-hydrogen) atoms. The molecule has 1 aliphatic rings. The van der Waals surface area contributed by atoms with E-state index in [9.17, 15) is 5.11 Å². The molecule has 0 unspecified atom stereocenters. The van der Waals surface area contributed by atoms with Gasteiger partial charge in [0.2, 0.25) is 0 Å². The van der Waals surface area contributed by atoms with Gasteiger partial charge in [-0.1, -0.05) is 36.4 Å². The molecular weight excluding hydrogens is 176 g/mol. The molecule has 0 aliphatic carbocycles. The van der Waals surface area contributed by atoms with Gasteiger partial charge in [-0.15, -0.1) is 0 Å². The molecule has 70 valence electrons. The summed E-state index contributed by atoms with van der Waals surface area (Å²) in [4.78, 5) is 0. The van der Waals surface area contributed by atoms with Gasteiger partial charge in [0.05, 0.1) is 6.61 Å². The molecule has 1 aliphatic heterocycles. The third-order valence-corrected chi connectivity index (χ3v) is 2.69. The van der Waals surface area contributed by atoms with Crippen molar-refractivity contribution in [2.24, 2.45) is 0 Å². The van der Waals surface area contributed by atoms with E-state index in [2.05, 4.69) is 12.1 Å². The lowest BCUT2D eigenvalue weighted by atomic mass is 9.97. The Morgan fingerprint density at radius 3 is 2.79 bits per heavy atom. The van der Waals surface area contributed by atoms with Gasteiger partial charge in [-0.3, -0.25) is 0 Å². The maximum Gasteiger partial charge on any atom is 0.182 e. The maximum absolute atomic E-state index is 9.65. The van der Waals surface area contributed by atoms with Crippen LogP contribution in [-0.2, 0) is 11.3 Å². The van der Waals surface area contributed by atoms with Crippen LogP contribution in [-0.4, -0.2) is 5.11 Å². The largest absolute Gasteiger partial charge is 0.364 e. The predicted octanol–water partition coefficient (Wildman–Crippen LogP) is 2.36. The van der Waals surface area contributed by atoms with Crippen LogP contribution in [0.3, 0.4) is 0 Å². The average Bonchev–Trinajstić information content (AvgIpc) is 2.24. The molecule has 0 amide bonds. The van der Waals surface area contributed by atoms with Crippen LogP contribution in [0.1, 0.15) is 17.4 Å². The second-order valence-corrected chi connectivity index (χ2v) is 3.53. The number of ether oxygens (including phenoxy) is 1. The van der Waals surface area contributed by atoms with Gasteiger partial charge >= 0.3 is 0 Å². The highest BCUT2D eigenvalue weighted by molar-refractivity contribution is 5.89. The smallest absolute Gasteiger partial charge is 0.182 e. The SMILES string of the molecule is O[C@@H]1OCc2cccc3cccc1c23. The molecule has 0 fully saturated rings. The van der Waals surface area contributed by atoms with Gasteiger partial charge in [-0.25, -0.2) is 0 Å². The molecule has 0 spiro atoms. The van der Waals surface area contributed by atoms with Gasteiger partial charge in [0.15, 0.2) is 6.29 Å². The van der Waals surface area contributed by atoms with E-state index >= 15 is 0 Å². The first kappa shape index (κ1) is 7.97. The quantitative estimate of drug-likeness (QED) is 0.684. The maximum atomic E-state index is 9.65. The summed E-state index contributed by atoms with van der Waals surface area (Å²) in [7, 11) is 0. The topological polar surface area (TPSA) is 29.5 Å². The van der Waals surface area contributed by atoms with E-state index in [1.165, 1.54) is 5.39 Å². The van der Waals surface area contributed by atoms with Crippen LogP contribution in [0, 0.1) is 0 Å². The minimum Gasteiger partial charge on any atom is -0.364 e. The van der Waals surface area contributed by atoms with Crippen molar-refractivity contribution in [1.29, 1.82) is 0 Å². The zero-order valence-electron chi connectivity index (χ0n) is 7.60. The third kappa shape index (κ3) is 0.983. The van der Waals surface area contributed by atoms with E-state index in [4.69, 9.17) is 4.74 Å². The number of hydrogen-bond acceptors (Lipinski definition) is 2. The van der Waals surface area contributed by atoms with Gasteiger partial charge in [0.25, 0.3) is 0 Å². The highest BCUT2D eigenvalue weighted by Gasteiger charge is 2.19. The Morgan fingerprint density at radius 2 is 1.93 bits per heavy atom. The van der Waals surface area contributed by atoms with Crippen LogP contribution >= 0.6 is 0 Å². The Kier molecular flexibility index (Phi) is 1.60. The summed E-state index contributed by atoms with van der Waals surface area (Å²) < 4.78 is 5.25. The predicted molar refractivity (Wildman–Crippen MR) is 53.7 cm³/mol. The van der Waals surface area contributed by atoms with E-state index in [-0.39, 0.29) is 0 Å². The Labute approximate surface area is 81.7 Å². The molecule has 1 N–H and O–H groups in total. The van der Waals surface area contributed by atoms with Gasteiger partial charge < -0.3 is 9.84 Å². The van der Waals surface area contributed by atoms with Crippen LogP contribution in [0.4, 0.5) is 0 Å². The van der Waals surface area contributed by atoms with Gasteiger partial charge in [0.1, 0.15) is 0 Å². The summed E-state index contributed by atoms with van der Waals surface area (Å²) >= 11 is 0. The molecule has 2 heteroatoms. The van der Waals surface area contributed by atoms with E-state index < -0.39 is 6.29 Å². The summed E-state index contributed by atoms with van der Waals surface area (Å²) in [5, 5.41) is 12.0. The van der Waals surface area contributed by atoms with Crippen molar-refractivity contribution in [3.63, 3.8) is 0 Å². The number of rotatable bonds is 0. The second kappa shape index (κ2) is 2.80. The molecule has 1 atom stereocenters. The van der Waals surface area contributed by atoms with E-state index in [0.717, 1.165) is 16.5 Å². The minimum absolute atomic E-state index is 0.496. The summed E-state index contributed by atoms with van der Waals surface area (Å²) in [6.07, 6.45) is -0.770. The summed E-state index contributed by atoms with van der Waals surface area (Å²) in [5.74, 6) is 0. The normalized spacial score (nSPS) is 19.9. The standard InChI is InChI=1S/C12H10O2/c13-12-10-6-2-4-8-3-1-5-9(7-14-12)11(8)10/h1-6,12-13H,7H2/t12-/m1/s1. The number of aliphatic hydroxyl groups is 1. The van der Waals surface area contributed by atoms with Gasteiger partial charge in [-0.2, -0.15) is 0 Å².